The van der Waals surface area contributed by atoms with Crippen LogP contribution in [0.5, 0.6) is 0 Å². The molecule has 0 spiro atoms. The molecule has 0 aliphatic carbocycles. The molecule has 1 N–H and O–H groups in total. The van der Waals surface area contributed by atoms with Crippen LogP contribution in [0, 0.1) is 0 Å². The predicted octanol–water partition coefficient (Wildman–Crippen LogP) is 3.44. The van der Waals surface area contributed by atoms with E-state index in [1.165, 1.54) is 0 Å². The molecule has 0 fully saturated rings. The Morgan fingerprint density at radius 1 is 1.06 bits per heavy atom. The molecule has 0 saturated carbocycles. The average molecular weight is 325 g/mol. The lowest BCUT2D eigenvalue weighted by molar-refractivity contribution is 0.246. The molecule has 3 nitrogen and oxygen atoms in total. The van der Waals surface area contributed by atoms with Gasteiger partial charge in [-0.1, -0.05) is 11.4 Å². The highest BCUT2D eigenvalue weighted by Gasteiger charge is 2.45. The van der Waals surface area contributed by atoms with Crippen molar-refractivity contribution >= 4 is 37.0 Å². The van der Waals surface area contributed by atoms with E-state index in [4.69, 9.17) is 19.8 Å². The van der Waals surface area contributed by atoms with Gasteiger partial charge in [-0.15, -0.1) is 24.8 Å². The SMILES string of the molecule is C=C[Si](C)(C)O[Si](O)(CCCCl)O[Si](C)(C)C=C. The Morgan fingerprint density at radius 3 is 1.72 bits per heavy atom. The molecular formula is C11H25ClO3Si3. The minimum absolute atomic E-state index is 0.491. The fraction of sp³-hybridized carbons (Fsp3) is 0.636. The molecule has 0 atom stereocenters. The minimum Gasteiger partial charge on any atom is -0.412 e. The average Bonchev–Trinajstić information content (AvgIpc) is 2.25. The number of hydrogen-bond acceptors (Lipinski definition) is 3. The Hall–Kier alpha value is 0.301. The van der Waals surface area contributed by atoms with Crippen LogP contribution in [0.25, 0.3) is 0 Å². The quantitative estimate of drug-likeness (QED) is 0.521. The van der Waals surface area contributed by atoms with Gasteiger partial charge in [-0.2, -0.15) is 0 Å². The van der Waals surface area contributed by atoms with E-state index >= 15 is 0 Å². The second kappa shape index (κ2) is 7.18. The van der Waals surface area contributed by atoms with Gasteiger partial charge in [-0.25, -0.2) is 0 Å². The van der Waals surface area contributed by atoms with Crippen LogP contribution in [0.4, 0.5) is 0 Å². The fourth-order valence-electron chi connectivity index (χ4n) is 1.32. The van der Waals surface area contributed by atoms with Crippen LogP contribution < -0.4 is 0 Å². The molecule has 0 amide bonds. The van der Waals surface area contributed by atoms with Gasteiger partial charge in [0.1, 0.15) is 0 Å². The molecule has 0 bridgehead atoms. The van der Waals surface area contributed by atoms with Gasteiger partial charge >= 0.3 is 8.80 Å². The molecule has 0 heterocycles. The van der Waals surface area contributed by atoms with E-state index in [1.54, 1.807) is 11.4 Å². The van der Waals surface area contributed by atoms with Gasteiger partial charge in [0.25, 0.3) is 0 Å². The number of rotatable bonds is 9. The van der Waals surface area contributed by atoms with Crippen LogP contribution in [0.15, 0.2) is 24.6 Å². The molecule has 0 unspecified atom stereocenters. The summed E-state index contributed by atoms with van der Waals surface area (Å²) >= 11 is 5.70. The second-order valence-electron chi connectivity index (χ2n) is 5.32. The summed E-state index contributed by atoms with van der Waals surface area (Å²) < 4.78 is 11.9. The van der Waals surface area contributed by atoms with Gasteiger partial charge in [-0.3, -0.25) is 0 Å². The zero-order valence-corrected chi connectivity index (χ0v) is 15.6. The summed E-state index contributed by atoms with van der Waals surface area (Å²) in [6, 6.07) is 0.491. The van der Waals surface area contributed by atoms with Gasteiger partial charge in [0, 0.05) is 11.9 Å². The van der Waals surface area contributed by atoms with Crippen molar-refractivity contribution in [2.24, 2.45) is 0 Å². The zero-order valence-electron chi connectivity index (χ0n) is 11.8. The maximum atomic E-state index is 10.7. The van der Waals surface area contributed by atoms with Crippen molar-refractivity contribution in [3.8, 4) is 0 Å². The first kappa shape index (κ1) is 18.3. The number of halogens is 1. The summed E-state index contributed by atoms with van der Waals surface area (Å²) in [5.74, 6) is 0.494. The topological polar surface area (TPSA) is 38.7 Å². The standard InChI is InChI=1S/C11H25ClO3Si3/c1-7-16(3,4)14-18(13,11-9-10-12)15-17(5,6)8-2/h7-8,13H,1-2,9-11H2,3-6H3. The van der Waals surface area contributed by atoms with Crippen LogP contribution in [-0.4, -0.2) is 36.1 Å². The van der Waals surface area contributed by atoms with E-state index in [0.29, 0.717) is 18.3 Å². The van der Waals surface area contributed by atoms with Crippen molar-refractivity contribution in [3.63, 3.8) is 0 Å². The molecule has 0 radical (unpaired) electrons. The van der Waals surface area contributed by atoms with Crippen LogP contribution in [0.3, 0.4) is 0 Å². The van der Waals surface area contributed by atoms with Crippen LogP contribution in [0.2, 0.25) is 32.2 Å². The molecule has 0 aliphatic rings. The molecular weight excluding hydrogens is 300 g/mol. The summed E-state index contributed by atoms with van der Waals surface area (Å²) in [5.41, 5.74) is 3.61. The Morgan fingerprint density at radius 2 is 1.44 bits per heavy atom. The van der Waals surface area contributed by atoms with E-state index in [1.807, 2.05) is 26.2 Å². The van der Waals surface area contributed by atoms with Crippen molar-refractivity contribution in [3.05, 3.63) is 24.6 Å². The van der Waals surface area contributed by atoms with Crippen molar-refractivity contribution in [2.45, 2.75) is 38.7 Å². The first-order chi connectivity index (χ1) is 8.10. The molecule has 7 heteroatoms. The number of alkyl halides is 1. The second-order valence-corrected chi connectivity index (χ2v) is 16.5. The summed E-state index contributed by atoms with van der Waals surface area (Å²) in [5, 5.41) is 0. The third kappa shape index (κ3) is 7.03. The van der Waals surface area contributed by atoms with Crippen molar-refractivity contribution in [1.29, 1.82) is 0 Å². The Balaban J connectivity index is 4.93. The Labute approximate surface area is 119 Å². The molecule has 0 aliphatic heterocycles. The van der Waals surface area contributed by atoms with Crippen molar-refractivity contribution < 1.29 is 13.0 Å². The highest BCUT2D eigenvalue weighted by molar-refractivity contribution is 6.89. The monoisotopic (exact) mass is 324 g/mol. The van der Waals surface area contributed by atoms with Crippen molar-refractivity contribution in [2.75, 3.05) is 5.88 Å². The summed E-state index contributed by atoms with van der Waals surface area (Å²) in [6.45, 7) is 15.5. The highest BCUT2D eigenvalue weighted by atomic mass is 35.5. The van der Waals surface area contributed by atoms with E-state index in [-0.39, 0.29) is 0 Å². The molecule has 0 rings (SSSR count). The van der Waals surface area contributed by atoms with Gasteiger partial charge < -0.3 is 13.0 Å². The molecule has 106 valence electrons. The van der Waals surface area contributed by atoms with E-state index < -0.39 is 25.4 Å². The van der Waals surface area contributed by atoms with Crippen molar-refractivity contribution in [1.82, 2.24) is 0 Å². The lowest BCUT2D eigenvalue weighted by Crippen LogP contribution is -2.55. The molecule has 18 heavy (non-hydrogen) atoms. The molecule has 0 aromatic carbocycles. The molecule has 0 aromatic rings. The van der Waals surface area contributed by atoms with Crippen LogP contribution in [-0.2, 0) is 8.23 Å². The highest BCUT2D eigenvalue weighted by Crippen LogP contribution is 2.24. The summed E-state index contributed by atoms with van der Waals surface area (Å²) in [4.78, 5) is 10.7. The van der Waals surface area contributed by atoms with Crippen LogP contribution >= 0.6 is 11.6 Å². The third-order valence-corrected chi connectivity index (χ3v) is 12.4. The zero-order chi connectivity index (χ0) is 14.4. The van der Waals surface area contributed by atoms with Crippen LogP contribution in [0.1, 0.15) is 6.42 Å². The van der Waals surface area contributed by atoms with Gasteiger partial charge in [-0.05, 0) is 32.6 Å². The first-order valence-corrected chi connectivity index (χ1v) is 14.5. The normalized spacial score (nSPS) is 13.4. The van der Waals surface area contributed by atoms with E-state index in [2.05, 4.69) is 13.2 Å². The lowest BCUT2D eigenvalue weighted by Gasteiger charge is -2.36. The Bertz CT molecular complexity index is 273. The smallest absolute Gasteiger partial charge is 0.412 e. The lowest BCUT2D eigenvalue weighted by atomic mass is 10.6. The fourth-order valence-corrected chi connectivity index (χ4v) is 10.9. The van der Waals surface area contributed by atoms with Gasteiger partial charge in [0.15, 0.2) is 0 Å². The first-order valence-electron chi connectivity index (χ1n) is 6.05. The Kier molecular flexibility index (Phi) is 7.30. The van der Waals surface area contributed by atoms with Gasteiger partial charge in [0.2, 0.25) is 16.6 Å². The summed E-state index contributed by atoms with van der Waals surface area (Å²) in [7, 11) is -7.35. The third-order valence-electron chi connectivity index (χ3n) is 2.45. The molecule has 0 aromatic heterocycles. The largest absolute Gasteiger partial charge is 0.477 e. The minimum atomic E-state index is -3.19. The van der Waals surface area contributed by atoms with E-state index in [9.17, 15) is 4.80 Å². The maximum Gasteiger partial charge on any atom is 0.477 e. The number of hydrogen-bond donors (Lipinski definition) is 1. The summed E-state index contributed by atoms with van der Waals surface area (Å²) in [6.07, 6.45) is 0.688. The molecule has 0 saturated heterocycles. The predicted molar refractivity (Wildman–Crippen MR) is 85.6 cm³/mol. The van der Waals surface area contributed by atoms with E-state index in [0.717, 1.165) is 0 Å². The van der Waals surface area contributed by atoms with Gasteiger partial charge in [0.05, 0.1) is 0 Å². The maximum absolute atomic E-state index is 10.7.